The minimum Gasteiger partial charge on any atom is -0.396 e. The number of carbonyl (C=O) groups excluding carboxylic acids is 1. The largest absolute Gasteiger partial charge is 0.396 e. The molecule has 1 heterocycles. The van der Waals surface area contributed by atoms with Gasteiger partial charge in [-0.1, -0.05) is 36.7 Å². The van der Waals surface area contributed by atoms with Crippen LogP contribution in [0, 0.1) is 5.41 Å². The molecule has 1 aliphatic heterocycles. The van der Waals surface area contributed by atoms with Gasteiger partial charge in [0.05, 0.1) is 0 Å². The lowest BCUT2D eigenvalue weighted by Gasteiger charge is -2.40. The van der Waals surface area contributed by atoms with Crippen LogP contribution in [0.4, 0.5) is 0 Å². The first-order valence-electron chi connectivity index (χ1n) is 8.42. The quantitative estimate of drug-likeness (QED) is 0.803. The monoisotopic (exact) mass is 338 g/mol. The average Bonchev–Trinajstić information content (AvgIpc) is 2.60. The van der Waals surface area contributed by atoms with E-state index < -0.39 is 0 Å². The minimum atomic E-state index is 0.0550. The van der Waals surface area contributed by atoms with Crippen molar-refractivity contribution in [2.45, 2.75) is 39.2 Å². The second kappa shape index (κ2) is 8.67. The molecule has 1 aliphatic rings. The Morgan fingerprint density at radius 1 is 1.35 bits per heavy atom. The van der Waals surface area contributed by atoms with E-state index in [0.717, 1.165) is 44.5 Å². The smallest absolute Gasteiger partial charge is 0.221 e. The molecule has 1 amide bonds. The van der Waals surface area contributed by atoms with E-state index in [9.17, 15) is 9.90 Å². The van der Waals surface area contributed by atoms with Crippen molar-refractivity contribution >= 4 is 17.5 Å². The summed E-state index contributed by atoms with van der Waals surface area (Å²) in [7, 11) is 0. The molecule has 23 heavy (non-hydrogen) atoms. The third-order valence-electron chi connectivity index (χ3n) is 5.09. The van der Waals surface area contributed by atoms with Crippen molar-refractivity contribution in [1.82, 2.24) is 10.2 Å². The van der Waals surface area contributed by atoms with Gasteiger partial charge in [0, 0.05) is 31.1 Å². The van der Waals surface area contributed by atoms with Crippen LogP contribution in [0.1, 0.15) is 38.2 Å². The maximum Gasteiger partial charge on any atom is 0.221 e. The summed E-state index contributed by atoms with van der Waals surface area (Å²) in [5, 5.41) is 13.2. The number of nitrogens with zero attached hydrogens (tertiary/aromatic N) is 1. The molecule has 1 aromatic carbocycles. The fourth-order valence-electron chi connectivity index (χ4n) is 3.06. The first-order valence-corrected chi connectivity index (χ1v) is 8.80. The van der Waals surface area contributed by atoms with E-state index in [1.165, 1.54) is 0 Å². The molecular formula is C18H27ClN2O2. The summed E-state index contributed by atoms with van der Waals surface area (Å²) < 4.78 is 0. The van der Waals surface area contributed by atoms with Crippen molar-refractivity contribution in [3.63, 3.8) is 0 Å². The molecule has 0 radical (unpaired) electrons. The molecule has 5 heteroatoms. The lowest BCUT2D eigenvalue weighted by atomic mass is 9.77. The number of carbonyl (C=O) groups is 1. The molecule has 0 unspecified atom stereocenters. The number of aliphatic hydroxyl groups excluding tert-OH is 1. The van der Waals surface area contributed by atoms with E-state index >= 15 is 0 Å². The fourth-order valence-corrected chi connectivity index (χ4v) is 3.26. The van der Waals surface area contributed by atoms with Gasteiger partial charge in [-0.05, 0) is 49.4 Å². The van der Waals surface area contributed by atoms with Crippen LogP contribution < -0.4 is 5.32 Å². The van der Waals surface area contributed by atoms with Crippen LogP contribution in [0.2, 0.25) is 5.02 Å². The molecule has 4 nitrogen and oxygen atoms in total. The fraction of sp³-hybridized carbons (Fsp3) is 0.611. The Labute approximate surface area is 143 Å². The molecule has 2 rings (SSSR count). The maximum absolute atomic E-state index is 12.0. The molecule has 2 N–H and O–H groups in total. The SMILES string of the molecule is CCC1(CO)CCN(CCC(=O)NCc2ccccc2Cl)CC1. The van der Waals surface area contributed by atoms with Crippen molar-refractivity contribution in [2.24, 2.45) is 5.41 Å². The zero-order valence-corrected chi connectivity index (χ0v) is 14.6. The van der Waals surface area contributed by atoms with Gasteiger partial charge in [-0.25, -0.2) is 0 Å². The van der Waals surface area contributed by atoms with Crippen LogP contribution in [-0.4, -0.2) is 42.2 Å². The number of rotatable bonds is 7. The summed E-state index contributed by atoms with van der Waals surface area (Å²) in [6.07, 6.45) is 3.56. The van der Waals surface area contributed by atoms with Gasteiger partial charge in [-0.2, -0.15) is 0 Å². The van der Waals surface area contributed by atoms with Gasteiger partial charge in [0.15, 0.2) is 0 Å². The molecule has 0 atom stereocenters. The number of hydrogen-bond acceptors (Lipinski definition) is 3. The number of aliphatic hydroxyl groups is 1. The number of likely N-dealkylation sites (tertiary alicyclic amines) is 1. The van der Waals surface area contributed by atoms with Crippen molar-refractivity contribution in [3.8, 4) is 0 Å². The Morgan fingerprint density at radius 3 is 2.65 bits per heavy atom. The summed E-state index contributed by atoms with van der Waals surface area (Å²) >= 11 is 6.08. The molecule has 1 fully saturated rings. The first kappa shape index (κ1) is 18.2. The summed E-state index contributed by atoms with van der Waals surface area (Å²) in [5.41, 5.74) is 1.04. The second-order valence-electron chi connectivity index (χ2n) is 6.47. The van der Waals surface area contributed by atoms with Crippen LogP contribution in [0.5, 0.6) is 0 Å². The minimum absolute atomic E-state index is 0.0550. The van der Waals surface area contributed by atoms with Crippen molar-refractivity contribution < 1.29 is 9.90 Å². The van der Waals surface area contributed by atoms with Crippen LogP contribution in [0.3, 0.4) is 0 Å². The standard InChI is InChI=1S/C18H27ClN2O2/c1-2-18(14-22)8-11-21(12-9-18)10-7-17(23)20-13-15-5-3-4-6-16(15)19/h3-6,22H,2,7-14H2,1H3,(H,20,23). The highest BCUT2D eigenvalue weighted by Crippen LogP contribution is 2.34. The Hall–Kier alpha value is -1.10. The average molecular weight is 339 g/mol. The molecule has 0 aromatic heterocycles. The van der Waals surface area contributed by atoms with Crippen molar-refractivity contribution in [2.75, 3.05) is 26.2 Å². The van der Waals surface area contributed by atoms with Crippen LogP contribution in [-0.2, 0) is 11.3 Å². The van der Waals surface area contributed by atoms with E-state index in [4.69, 9.17) is 11.6 Å². The van der Waals surface area contributed by atoms with Gasteiger partial charge in [0.1, 0.15) is 0 Å². The lowest BCUT2D eigenvalue weighted by molar-refractivity contribution is -0.121. The molecule has 0 aliphatic carbocycles. The Balaban J connectivity index is 1.68. The van der Waals surface area contributed by atoms with E-state index in [-0.39, 0.29) is 17.9 Å². The lowest BCUT2D eigenvalue weighted by Crippen LogP contribution is -2.42. The van der Waals surface area contributed by atoms with Gasteiger partial charge in [0.2, 0.25) is 5.91 Å². The Bertz CT molecular complexity index is 507. The topological polar surface area (TPSA) is 52.6 Å². The molecule has 0 saturated carbocycles. The maximum atomic E-state index is 12.0. The van der Waals surface area contributed by atoms with Crippen LogP contribution in [0.15, 0.2) is 24.3 Å². The number of benzene rings is 1. The zero-order valence-electron chi connectivity index (χ0n) is 13.9. The Morgan fingerprint density at radius 2 is 2.04 bits per heavy atom. The zero-order chi connectivity index (χ0) is 16.7. The van der Waals surface area contributed by atoms with E-state index in [1.807, 2.05) is 24.3 Å². The summed E-state index contributed by atoms with van der Waals surface area (Å²) in [4.78, 5) is 14.3. The molecular weight excluding hydrogens is 312 g/mol. The third kappa shape index (κ3) is 5.20. The molecule has 128 valence electrons. The van der Waals surface area contributed by atoms with Gasteiger partial charge in [0.25, 0.3) is 0 Å². The number of nitrogens with one attached hydrogen (secondary N) is 1. The summed E-state index contributed by atoms with van der Waals surface area (Å²) in [5.74, 6) is 0.0550. The molecule has 0 bridgehead atoms. The highest BCUT2D eigenvalue weighted by atomic mass is 35.5. The molecule has 0 spiro atoms. The van der Waals surface area contributed by atoms with E-state index in [0.29, 0.717) is 18.0 Å². The normalized spacial score (nSPS) is 17.9. The van der Waals surface area contributed by atoms with Crippen LogP contribution in [0.25, 0.3) is 0 Å². The number of hydrogen-bond donors (Lipinski definition) is 2. The van der Waals surface area contributed by atoms with Gasteiger partial charge < -0.3 is 15.3 Å². The summed E-state index contributed by atoms with van der Waals surface area (Å²) in [6, 6.07) is 7.55. The van der Waals surface area contributed by atoms with E-state index in [2.05, 4.69) is 17.1 Å². The molecule has 1 aromatic rings. The number of amides is 1. The predicted molar refractivity (Wildman–Crippen MR) is 93.4 cm³/mol. The van der Waals surface area contributed by atoms with Gasteiger partial charge in [-0.3, -0.25) is 4.79 Å². The van der Waals surface area contributed by atoms with Crippen molar-refractivity contribution in [3.05, 3.63) is 34.9 Å². The van der Waals surface area contributed by atoms with Crippen LogP contribution >= 0.6 is 11.6 Å². The highest BCUT2D eigenvalue weighted by molar-refractivity contribution is 6.31. The number of piperidine rings is 1. The first-order chi connectivity index (χ1) is 11.1. The van der Waals surface area contributed by atoms with Gasteiger partial charge in [-0.15, -0.1) is 0 Å². The predicted octanol–water partition coefficient (Wildman–Crippen LogP) is 2.83. The number of halogens is 1. The molecule has 1 saturated heterocycles. The summed E-state index contributed by atoms with van der Waals surface area (Å²) in [6.45, 7) is 5.60. The second-order valence-corrected chi connectivity index (χ2v) is 6.88. The van der Waals surface area contributed by atoms with Gasteiger partial charge >= 0.3 is 0 Å². The third-order valence-corrected chi connectivity index (χ3v) is 5.46. The van der Waals surface area contributed by atoms with E-state index in [1.54, 1.807) is 0 Å². The van der Waals surface area contributed by atoms with Crippen molar-refractivity contribution in [1.29, 1.82) is 0 Å². The Kier molecular flexibility index (Phi) is 6.88. The highest BCUT2D eigenvalue weighted by Gasteiger charge is 2.32.